The van der Waals surface area contributed by atoms with Crippen LogP contribution >= 0.6 is 11.6 Å². The summed E-state index contributed by atoms with van der Waals surface area (Å²) in [6.07, 6.45) is 4.23. The number of nitrogens with zero attached hydrogens (tertiary/aromatic N) is 6. The maximum absolute atomic E-state index is 13.1. The molecule has 0 aliphatic rings. The van der Waals surface area contributed by atoms with Gasteiger partial charge in [-0.2, -0.15) is 15.3 Å². The van der Waals surface area contributed by atoms with Crippen LogP contribution in [-0.2, 0) is 22.6 Å². The van der Waals surface area contributed by atoms with Crippen LogP contribution in [0.4, 0.5) is 17.3 Å². The van der Waals surface area contributed by atoms with Gasteiger partial charge in [-0.1, -0.05) is 30.3 Å². The minimum atomic E-state index is -0.499. The lowest BCUT2D eigenvalue weighted by atomic mass is 10.1. The number of anilines is 3. The van der Waals surface area contributed by atoms with Crippen molar-refractivity contribution in [3.8, 4) is 6.07 Å². The monoisotopic (exact) mass is 504 g/mol. The quantitative estimate of drug-likeness (QED) is 0.331. The second kappa shape index (κ2) is 10.8. The molecule has 1 amide bonds. The van der Waals surface area contributed by atoms with E-state index in [9.17, 15) is 14.9 Å². The topological polar surface area (TPSA) is 140 Å². The molecular weight excluding hydrogens is 484 g/mol. The zero-order valence-electron chi connectivity index (χ0n) is 19.2. The van der Waals surface area contributed by atoms with Gasteiger partial charge in [0.1, 0.15) is 17.3 Å². The van der Waals surface area contributed by atoms with Crippen LogP contribution in [0.1, 0.15) is 11.1 Å². The summed E-state index contributed by atoms with van der Waals surface area (Å²) in [7, 11) is 1.59. The molecule has 3 aromatic heterocycles. The highest BCUT2D eigenvalue weighted by molar-refractivity contribution is 6.32. The van der Waals surface area contributed by atoms with Crippen LogP contribution in [0.3, 0.4) is 0 Å². The van der Waals surface area contributed by atoms with Crippen LogP contribution in [-0.4, -0.2) is 43.9 Å². The van der Waals surface area contributed by atoms with Crippen molar-refractivity contribution in [3.63, 3.8) is 0 Å². The molecule has 0 atom stereocenters. The van der Waals surface area contributed by atoms with E-state index in [2.05, 4.69) is 32.3 Å². The van der Waals surface area contributed by atoms with Crippen molar-refractivity contribution in [2.24, 2.45) is 0 Å². The second-order valence-electron chi connectivity index (χ2n) is 7.62. The smallest absolute Gasteiger partial charge is 0.270 e. The number of halogens is 1. The lowest BCUT2D eigenvalue weighted by Crippen LogP contribution is -2.24. The van der Waals surface area contributed by atoms with Crippen molar-refractivity contribution in [1.29, 1.82) is 5.26 Å². The summed E-state index contributed by atoms with van der Waals surface area (Å²) in [5.41, 5.74) is 1.53. The number of ether oxygens (including phenoxy) is 1. The zero-order chi connectivity index (χ0) is 25.7. The number of carbonyl (C=O) groups excluding carboxylic acids is 1. The number of methoxy groups -OCH3 is 1. The summed E-state index contributed by atoms with van der Waals surface area (Å²) in [6.45, 7) is 4.46. The average Bonchev–Trinajstić information content (AvgIpc) is 3.23. The number of nitrogens with one attached hydrogen (secondary N) is 2. The Morgan fingerprint density at radius 1 is 1.33 bits per heavy atom. The lowest BCUT2D eigenvalue weighted by Gasteiger charge is -2.12. The first-order valence-electron chi connectivity index (χ1n) is 10.7. The third-order valence-electron chi connectivity index (χ3n) is 5.20. The SMILES string of the molecule is C=CC(=O)Nc1cccc(Cn2c(=O)c(C#N)cc3cnc(Nc4cnn(CCOC)c4Cl)nc32)c1. The Bertz CT molecular complexity index is 1550. The van der Waals surface area contributed by atoms with Crippen LogP contribution in [0.15, 0.2) is 60.2 Å². The van der Waals surface area contributed by atoms with Crippen molar-refractivity contribution >= 4 is 45.9 Å². The Morgan fingerprint density at radius 3 is 2.92 bits per heavy atom. The molecule has 12 heteroatoms. The van der Waals surface area contributed by atoms with Gasteiger partial charge in [-0.25, -0.2) is 9.67 Å². The van der Waals surface area contributed by atoms with Gasteiger partial charge in [-0.05, 0) is 29.8 Å². The Balaban J connectivity index is 1.72. The van der Waals surface area contributed by atoms with Gasteiger partial charge in [-0.3, -0.25) is 14.2 Å². The summed E-state index contributed by atoms with van der Waals surface area (Å²) >= 11 is 6.39. The maximum Gasteiger partial charge on any atom is 0.270 e. The molecule has 182 valence electrons. The normalized spacial score (nSPS) is 10.7. The molecule has 3 heterocycles. The molecule has 0 unspecified atom stereocenters. The predicted molar refractivity (Wildman–Crippen MR) is 135 cm³/mol. The number of amides is 1. The van der Waals surface area contributed by atoms with E-state index in [4.69, 9.17) is 16.3 Å². The molecule has 0 spiro atoms. The average molecular weight is 505 g/mol. The largest absolute Gasteiger partial charge is 0.383 e. The molecule has 11 nitrogen and oxygen atoms in total. The van der Waals surface area contributed by atoms with E-state index >= 15 is 0 Å². The first-order chi connectivity index (χ1) is 17.4. The van der Waals surface area contributed by atoms with E-state index in [1.165, 1.54) is 22.9 Å². The zero-order valence-corrected chi connectivity index (χ0v) is 20.0. The Hall–Kier alpha value is -4.53. The van der Waals surface area contributed by atoms with Gasteiger partial charge in [0, 0.05) is 24.4 Å². The molecule has 0 radical (unpaired) electrons. The number of carbonyl (C=O) groups is 1. The molecule has 4 aromatic rings. The van der Waals surface area contributed by atoms with Crippen molar-refractivity contribution in [2.75, 3.05) is 24.4 Å². The molecule has 36 heavy (non-hydrogen) atoms. The van der Waals surface area contributed by atoms with Crippen molar-refractivity contribution in [3.05, 3.63) is 82.0 Å². The molecule has 2 N–H and O–H groups in total. The Kier molecular flexibility index (Phi) is 7.39. The van der Waals surface area contributed by atoms with Crippen molar-refractivity contribution in [1.82, 2.24) is 24.3 Å². The molecule has 1 aromatic carbocycles. The fraction of sp³-hybridized carbons (Fsp3) is 0.167. The van der Waals surface area contributed by atoms with Crippen LogP contribution in [0, 0.1) is 11.3 Å². The molecule has 0 aliphatic carbocycles. The minimum absolute atomic E-state index is 0.0367. The second-order valence-corrected chi connectivity index (χ2v) is 7.98. The van der Waals surface area contributed by atoms with Gasteiger partial charge in [-0.15, -0.1) is 0 Å². The Labute approximate surface area is 210 Å². The van der Waals surface area contributed by atoms with Gasteiger partial charge in [0.2, 0.25) is 11.9 Å². The van der Waals surface area contributed by atoms with Crippen molar-refractivity contribution in [2.45, 2.75) is 13.1 Å². The van der Waals surface area contributed by atoms with Crippen molar-refractivity contribution < 1.29 is 9.53 Å². The van der Waals surface area contributed by atoms with Crippen LogP contribution in [0.25, 0.3) is 11.0 Å². The highest BCUT2D eigenvalue weighted by atomic mass is 35.5. The van der Waals surface area contributed by atoms with E-state index in [0.29, 0.717) is 46.3 Å². The van der Waals surface area contributed by atoms with E-state index in [0.717, 1.165) is 0 Å². The highest BCUT2D eigenvalue weighted by Crippen LogP contribution is 2.24. The standard InChI is InChI=1S/C24H21ClN8O3/c1-3-20(34)29-18-6-4-5-15(9-18)14-32-22-17(10-16(11-26)23(32)35)12-27-24(31-22)30-19-13-28-33(21(19)25)7-8-36-2/h3-6,9-10,12-13H,1,7-8,14H2,2H3,(H,29,34)(H,27,30,31). The number of hydrogen-bond acceptors (Lipinski definition) is 8. The number of pyridine rings is 1. The van der Waals surface area contributed by atoms with Gasteiger partial charge >= 0.3 is 0 Å². The predicted octanol–water partition coefficient (Wildman–Crippen LogP) is 3.08. The number of nitriles is 1. The molecule has 0 fully saturated rings. The van der Waals surface area contributed by atoms with Gasteiger partial charge in [0.25, 0.3) is 5.56 Å². The highest BCUT2D eigenvalue weighted by Gasteiger charge is 2.15. The first kappa shape index (κ1) is 24.6. The van der Waals surface area contributed by atoms with Crippen LogP contribution < -0.4 is 16.2 Å². The fourth-order valence-electron chi connectivity index (χ4n) is 3.48. The summed E-state index contributed by atoms with van der Waals surface area (Å²) in [5.74, 6) is -0.158. The third-order valence-corrected chi connectivity index (χ3v) is 5.60. The number of aromatic nitrogens is 5. The molecular formula is C24H21ClN8O3. The lowest BCUT2D eigenvalue weighted by molar-refractivity contribution is -0.111. The molecule has 0 saturated carbocycles. The number of hydrogen-bond donors (Lipinski definition) is 2. The van der Waals surface area contributed by atoms with Crippen LogP contribution in [0.5, 0.6) is 0 Å². The van der Waals surface area contributed by atoms with Gasteiger partial charge < -0.3 is 15.4 Å². The molecule has 0 saturated heterocycles. The molecule has 4 rings (SSSR count). The number of fused-ring (bicyclic) bond motifs is 1. The summed E-state index contributed by atoms with van der Waals surface area (Å²) in [5, 5.41) is 20.3. The number of benzene rings is 1. The van der Waals surface area contributed by atoms with E-state index in [1.54, 1.807) is 42.3 Å². The third kappa shape index (κ3) is 5.25. The van der Waals surface area contributed by atoms with E-state index in [-0.39, 0.29) is 24.0 Å². The Morgan fingerprint density at radius 2 is 2.17 bits per heavy atom. The van der Waals surface area contributed by atoms with E-state index in [1.807, 2.05) is 6.07 Å². The fourth-order valence-corrected chi connectivity index (χ4v) is 3.70. The summed E-state index contributed by atoms with van der Waals surface area (Å²) in [4.78, 5) is 33.6. The summed E-state index contributed by atoms with van der Waals surface area (Å²) < 4.78 is 8.01. The van der Waals surface area contributed by atoms with Crippen LogP contribution in [0.2, 0.25) is 5.15 Å². The van der Waals surface area contributed by atoms with Gasteiger partial charge in [0.05, 0.1) is 31.6 Å². The summed E-state index contributed by atoms with van der Waals surface area (Å²) in [6, 6.07) is 10.4. The van der Waals surface area contributed by atoms with E-state index < -0.39 is 5.56 Å². The van der Waals surface area contributed by atoms with Gasteiger partial charge in [0.15, 0.2) is 5.15 Å². The first-order valence-corrected chi connectivity index (χ1v) is 11.1. The molecule has 0 bridgehead atoms. The number of rotatable bonds is 9. The minimum Gasteiger partial charge on any atom is -0.383 e. The maximum atomic E-state index is 13.1. The molecule has 0 aliphatic heterocycles.